The average Bonchev–Trinajstić information content (AvgIpc) is 2.19. The molecule has 1 rings (SSSR count). The molecule has 5 heteroatoms. The monoisotopic (exact) mass is 333 g/mol. The van der Waals surface area contributed by atoms with Crippen LogP contribution in [0.5, 0.6) is 0 Å². The predicted octanol–water partition coefficient (Wildman–Crippen LogP) is 4.86. The zero-order valence-corrected chi connectivity index (χ0v) is 13.3. The van der Waals surface area contributed by atoms with Crippen molar-refractivity contribution in [3.05, 3.63) is 27.7 Å². The number of carbonyl (C=O) groups excluding carboxylic acids is 1. The summed E-state index contributed by atoms with van der Waals surface area (Å²) in [6.45, 7) is 7.88. The standard InChI is InChI=1S/C13H17BrClNO2/c1-5-16(12(17)18-13(2,3)4)11-7-6-9(14)8-10(11)15/h6-8H,5H2,1-4H3. The van der Waals surface area contributed by atoms with Crippen LogP contribution in [0.15, 0.2) is 22.7 Å². The second-order valence-corrected chi connectivity index (χ2v) is 6.14. The summed E-state index contributed by atoms with van der Waals surface area (Å²) in [6, 6.07) is 5.39. The van der Waals surface area contributed by atoms with Crippen LogP contribution >= 0.6 is 27.5 Å². The minimum Gasteiger partial charge on any atom is -0.443 e. The molecule has 0 saturated carbocycles. The van der Waals surface area contributed by atoms with E-state index in [1.807, 2.05) is 33.8 Å². The van der Waals surface area contributed by atoms with Gasteiger partial charge in [0.25, 0.3) is 0 Å². The fourth-order valence-corrected chi connectivity index (χ4v) is 2.19. The lowest BCUT2D eigenvalue weighted by molar-refractivity contribution is 0.0582. The lowest BCUT2D eigenvalue weighted by Gasteiger charge is -2.27. The summed E-state index contributed by atoms with van der Waals surface area (Å²) in [5, 5.41) is 0.511. The molecule has 0 unspecified atom stereocenters. The van der Waals surface area contributed by atoms with Crippen LogP contribution in [0.25, 0.3) is 0 Å². The smallest absolute Gasteiger partial charge is 0.414 e. The zero-order valence-electron chi connectivity index (χ0n) is 11.0. The van der Waals surface area contributed by atoms with E-state index in [-0.39, 0.29) is 0 Å². The Morgan fingerprint density at radius 1 is 1.44 bits per heavy atom. The van der Waals surface area contributed by atoms with Gasteiger partial charge in [-0.15, -0.1) is 0 Å². The molecule has 0 bridgehead atoms. The lowest BCUT2D eigenvalue weighted by atomic mass is 10.2. The van der Waals surface area contributed by atoms with Crippen LogP contribution in [0.2, 0.25) is 5.02 Å². The van der Waals surface area contributed by atoms with Gasteiger partial charge in [0, 0.05) is 11.0 Å². The predicted molar refractivity (Wildman–Crippen MR) is 78.4 cm³/mol. The molecule has 0 N–H and O–H groups in total. The molecular weight excluding hydrogens is 318 g/mol. The highest BCUT2D eigenvalue weighted by atomic mass is 79.9. The normalized spacial score (nSPS) is 11.2. The van der Waals surface area contributed by atoms with Gasteiger partial charge in [-0.2, -0.15) is 0 Å². The van der Waals surface area contributed by atoms with Crippen LogP contribution < -0.4 is 4.90 Å². The minimum atomic E-state index is -0.521. The van der Waals surface area contributed by atoms with E-state index in [2.05, 4.69) is 15.9 Å². The van der Waals surface area contributed by atoms with Crippen molar-refractivity contribution in [2.24, 2.45) is 0 Å². The van der Waals surface area contributed by atoms with E-state index >= 15 is 0 Å². The van der Waals surface area contributed by atoms with Gasteiger partial charge in [-0.05, 0) is 45.9 Å². The van der Waals surface area contributed by atoms with Crippen molar-refractivity contribution in [3.63, 3.8) is 0 Å². The number of rotatable bonds is 2. The quantitative estimate of drug-likeness (QED) is 0.772. The Balaban J connectivity index is 2.99. The number of ether oxygens (including phenoxy) is 1. The minimum absolute atomic E-state index is 0.394. The van der Waals surface area contributed by atoms with Gasteiger partial charge in [-0.1, -0.05) is 27.5 Å². The first-order valence-corrected chi connectivity index (χ1v) is 6.87. The topological polar surface area (TPSA) is 29.5 Å². The molecule has 3 nitrogen and oxygen atoms in total. The van der Waals surface area contributed by atoms with Gasteiger partial charge in [-0.25, -0.2) is 4.79 Å². The molecule has 0 aromatic heterocycles. The van der Waals surface area contributed by atoms with E-state index in [1.54, 1.807) is 12.1 Å². The van der Waals surface area contributed by atoms with Crippen LogP contribution in [0.3, 0.4) is 0 Å². The second-order valence-electron chi connectivity index (χ2n) is 4.82. The maximum absolute atomic E-state index is 12.1. The van der Waals surface area contributed by atoms with Crippen LogP contribution in [-0.2, 0) is 4.74 Å². The number of hydrogen-bond acceptors (Lipinski definition) is 2. The third-order valence-corrected chi connectivity index (χ3v) is 2.93. The molecule has 0 aliphatic heterocycles. The third-order valence-electron chi connectivity index (χ3n) is 2.13. The van der Waals surface area contributed by atoms with Crippen molar-refractivity contribution >= 4 is 39.3 Å². The third kappa shape index (κ3) is 4.18. The second kappa shape index (κ2) is 5.93. The Kier molecular flexibility index (Phi) is 5.05. The van der Waals surface area contributed by atoms with Crippen molar-refractivity contribution in [2.45, 2.75) is 33.3 Å². The lowest BCUT2D eigenvalue weighted by Crippen LogP contribution is -2.36. The van der Waals surface area contributed by atoms with Gasteiger partial charge >= 0.3 is 6.09 Å². The zero-order chi connectivity index (χ0) is 13.9. The first-order valence-electron chi connectivity index (χ1n) is 5.70. The van der Waals surface area contributed by atoms with E-state index in [0.717, 1.165) is 4.47 Å². The molecule has 18 heavy (non-hydrogen) atoms. The van der Waals surface area contributed by atoms with E-state index in [9.17, 15) is 4.79 Å². The van der Waals surface area contributed by atoms with Gasteiger partial charge in [0.15, 0.2) is 0 Å². The van der Waals surface area contributed by atoms with Crippen molar-refractivity contribution in [3.8, 4) is 0 Å². The Labute approximate surface area is 121 Å². The van der Waals surface area contributed by atoms with Crippen LogP contribution in [0.4, 0.5) is 10.5 Å². The van der Waals surface area contributed by atoms with Crippen molar-refractivity contribution in [2.75, 3.05) is 11.4 Å². The van der Waals surface area contributed by atoms with E-state index in [1.165, 1.54) is 4.90 Å². The van der Waals surface area contributed by atoms with Gasteiger partial charge in [0.05, 0.1) is 10.7 Å². The van der Waals surface area contributed by atoms with Crippen molar-refractivity contribution in [1.29, 1.82) is 0 Å². The molecule has 0 aliphatic carbocycles. The molecule has 0 saturated heterocycles. The van der Waals surface area contributed by atoms with E-state index in [0.29, 0.717) is 17.3 Å². The summed E-state index contributed by atoms with van der Waals surface area (Å²) in [4.78, 5) is 13.6. The van der Waals surface area contributed by atoms with Crippen molar-refractivity contribution < 1.29 is 9.53 Å². The van der Waals surface area contributed by atoms with Gasteiger partial charge in [0.1, 0.15) is 5.60 Å². The van der Waals surface area contributed by atoms with Gasteiger partial charge < -0.3 is 4.74 Å². The highest BCUT2D eigenvalue weighted by molar-refractivity contribution is 9.10. The maximum Gasteiger partial charge on any atom is 0.414 e. The highest BCUT2D eigenvalue weighted by Gasteiger charge is 2.23. The molecule has 0 fully saturated rings. The molecule has 1 aromatic rings. The van der Waals surface area contributed by atoms with Gasteiger partial charge in [-0.3, -0.25) is 4.90 Å². The number of hydrogen-bond donors (Lipinski definition) is 0. The van der Waals surface area contributed by atoms with Crippen LogP contribution in [-0.4, -0.2) is 18.2 Å². The molecule has 0 radical (unpaired) electrons. The molecule has 0 atom stereocenters. The van der Waals surface area contributed by atoms with Crippen LogP contribution in [0, 0.1) is 0 Å². The summed E-state index contributed by atoms with van der Waals surface area (Å²) in [6.07, 6.45) is -0.394. The van der Waals surface area contributed by atoms with E-state index in [4.69, 9.17) is 16.3 Å². The van der Waals surface area contributed by atoms with Gasteiger partial charge in [0.2, 0.25) is 0 Å². The molecule has 1 aromatic carbocycles. The number of halogens is 2. The maximum atomic E-state index is 12.1. The Morgan fingerprint density at radius 2 is 2.06 bits per heavy atom. The summed E-state index contributed by atoms with van der Waals surface area (Å²) in [7, 11) is 0. The molecule has 100 valence electrons. The number of anilines is 1. The Hall–Kier alpha value is -0.740. The largest absolute Gasteiger partial charge is 0.443 e. The summed E-state index contributed by atoms with van der Waals surface area (Å²) in [5.74, 6) is 0. The molecule has 0 heterocycles. The number of carbonyl (C=O) groups is 1. The Morgan fingerprint density at radius 3 is 2.50 bits per heavy atom. The van der Waals surface area contributed by atoms with Crippen LogP contribution in [0.1, 0.15) is 27.7 Å². The SMILES string of the molecule is CCN(C(=O)OC(C)(C)C)c1ccc(Br)cc1Cl. The number of amides is 1. The molecule has 0 spiro atoms. The fraction of sp³-hybridized carbons (Fsp3) is 0.462. The first kappa shape index (κ1) is 15.3. The number of nitrogens with zero attached hydrogens (tertiary/aromatic N) is 1. The van der Waals surface area contributed by atoms with Crippen molar-refractivity contribution in [1.82, 2.24) is 0 Å². The fourth-order valence-electron chi connectivity index (χ4n) is 1.41. The summed E-state index contributed by atoms with van der Waals surface area (Å²) < 4.78 is 6.22. The van der Waals surface area contributed by atoms with E-state index < -0.39 is 11.7 Å². The number of benzene rings is 1. The summed E-state index contributed by atoms with van der Waals surface area (Å²) >= 11 is 9.47. The Bertz CT molecular complexity index is 443. The molecule has 1 amide bonds. The molecular formula is C13H17BrClNO2. The molecule has 0 aliphatic rings. The summed E-state index contributed by atoms with van der Waals surface area (Å²) in [5.41, 5.74) is 0.128. The first-order chi connectivity index (χ1) is 8.24. The highest BCUT2D eigenvalue weighted by Crippen LogP contribution is 2.29. The average molecular weight is 335 g/mol.